The van der Waals surface area contributed by atoms with Crippen molar-refractivity contribution in [2.45, 2.75) is 31.6 Å². The van der Waals surface area contributed by atoms with Crippen LogP contribution in [0, 0.1) is 6.92 Å². The quantitative estimate of drug-likeness (QED) is 0.475. The molecule has 0 atom stereocenters. The highest BCUT2D eigenvalue weighted by Crippen LogP contribution is 2.23. The summed E-state index contributed by atoms with van der Waals surface area (Å²) in [6, 6.07) is 12.8. The first-order chi connectivity index (χ1) is 10.3. The smallest absolute Gasteiger partial charge is 0.137 e. The molecule has 0 radical (unpaired) electrons. The molecule has 2 heterocycles. The van der Waals surface area contributed by atoms with Crippen LogP contribution in [0.15, 0.2) is 53.7 Å². The number of thioether (sulfide) groups is 1. The number of aryl methyl sites for hydroxylation is 1. The SMILES string of the molecule is CCCCSc1ccc2nc(-c3ccc(C)cc3)cn2c1. The summed E-state index contributed by atoms with van der Waals surface area (Å²) in [5.74, 6) is 1.18. The standard InChI is InChI=1S/C18H20N2S/c1-3-4-11-21-16-9-10-18-19-17(13-20(18)12-16)15-7-5-14(2)6-8-15/h5-10,12-13H,3-4,11H2,1-2H3. The number of aromatic nitrogens is 2. The van der Waals surface area contributed by atoms with Gasteiger partial charge in [-0.3, -0.25) is 0 Å². The van der Waals surface area contributed by atoms with Gasteiger partial charge in [-0.25, -0.2) is 4.98 Å². The number of pyridine rings is 1. The second kappa shape index (κ2) is 6.35. The average molecular weight is 296 g/mol. The summed E-state index contributed by atoms with van der Waals surface area (Å²) in [6.07, 6.45) is 6.81. The maximum atomic E-state index is 4.70. The third kappa shape index (κ3) is 3.30. The van der Waals surface area contributed by atoms with Gasteiger partial charge in [-0.1, -0.05) is 43.2 Å². The number of hydrogen-bond acceptors (Lipinski definition) is 2. The number of nitrogens with zero attached hydrogens (tertiary/aromatic N) is 2. The number of fused-ring (bicyclic) bond motifs is 1. The van der Waals surface area contributed by atoms with E-state index in [9.17, 15) is 0 Å². The minimum atomic E-state index is 1.01. The van der Waals surface area contributed by atoms with E-state index in [0.29, 0.717) is 0 Å². The fourth-order valence-corrected chi connectivity index (χ4v) is 3.28. The van der Waals surface area contributed by atoms with Crippen molar-refractivity contribution in [3.05, 3.63) is 54.4 Å². The molecule has 0 fully saturated rings. The summed E-state index contributed by atoms with van der Waals surface area (Å²) in [4.78, 5) is 6.01. The van der Waals surface area contributed by atoms with Crippen molar-refractivity contribution in [3.8, 4) is 11.3 Å². The molecule has 0 saturated heterocycles. The number of unbranched alkanes of at least 4 members (excludes halogenated alkanes) is 1. The molecular weight excluding hydrogens is 276 g/mol. The van der Waals surface area contributed by atoms with Gasteiger partial charge in [0.25, 0.3) is 0 Å². The average Bonchev–Trinajstić information content (AvgIpc) is 2.91. The third-order valence-corrected chi connectivity index (χ3v) is 4.61. The molecule has 0 spiro atoms. The van der Waals surface area contributed by atoms with Gasteiger partial charge < -0.3 is 4.40 Å². The fourth-order valence-electron chi connectivity index (χ4n) is 2.25. The highest BCUT2D eigenvalue weighted by atomic mass is 32.2. The van der Waals surface area contributed by atoms with Crippen LogP contribution in [-0.2, 0) is 0 Å². The molecule has 0 aliphatic heterocycles. The first-order valence-corrected chi connectivity index (χ1v) is 8.43. The summed E-state index contributed by atoms with van der Waals surface area (Å²) in [7, 11) is 0. The molecule has 2 aromatic heterocycles. The van der Waals surface area contributed by atoms with Crippen molar-refractivity contribution in [1.82, 2.24) is 9.38 Å². The van der Waals surface area contributed by atoms with Crippen molar-refractivity contribution in [3.63, 3.8) is 0 Å². The van der Waals surface area contributed by atoms with E-state index in [2.05, 4.69) is 67.0 Å². The largest absolute Gasteiger partial charge is 0.305 e. The van der Waals surface area contributed by atoms with E-state index in [4.69, 9.17) is 4.98 Å². The van der Waals surface area contributed by atoms with Crippen molar-refractivity contribution < 1.29 is 0 Å². The molecule has 0 N–H and O–H groups in total. The molecule has 2 nitrogen and oxygen atoms in total. The van der Waals surface area contributed by atoms with E-state index in [-0.39, 0.29) is 0 Å². The summed E-state index contributed by atoms with van der Waals surface area (Å²) in [5.41, 5.74) is 4.48. The molecule has 21 heavy (non-hydrogen) atoms. The molecule has 0 amide bonds. The Morgan fingerprint density at radius 3 is 2.62 bits per heavy atom. The second-order valence-corrected chi connectivity index (χ2v) is 6.49. The lowest BCUT2D eigenvalue weighted by Gasteiger charge is -2.01. The Kier molecular flexibility index (Phi) is 4.30. The van der Waals surface area contributed by atoms with E-state index in [1.807, 2.05) is 11.8 Å². The molecule has 1 aromatic carbocycles. The Morgan fingerprint density at radius 2 is 1.86 bits per heavy atom. The lowest BCUT2D eigenvalue weighted by atomic mass is 10.1. The van der Waals surface area contributed by atoms with Gasteiger partial charge in [0.2, 0.25) is 0 Å². The molecule has 3 heteroatoms. The van der Waals surface area contributed by atoms with Crippen LogP contribution in [0.1, 0.15) is 25.3 Å². The molecule has 0 saturated carbocycles. The minimum absolute atomic E-state index is 1.01. The lowest BCUT2D eigenvalue weighted by Crippen LogP contribution is -1.84. The van der Waals surface area contributed by atoms with E-state index in [0.717, 1.165) is 11.3 Å². The van der Waals surface area contributed by atoms with Gasteiger partial charge in [-0.2, -0.15) is 0 Å². The van der Waals surface area contributed by atoms with Gasteiger partial charge in [0.05, 0.1) is 5.69 Å². The van der Waals surface area contributed by atoms with E-state index in [1.165, 1.54) is 34.6 Å². The van der Waals surface area contributed by atoms with Crippen molar-refractivity contribution >= 4 is 17.4 Å². The Bertz CT molecular complexity index is 729. The van der Waals surface area contributed by atoms with Crippen LogP contribution in [0.25, 0.3) is 16.9 Å². The summed E-state index contributed by atoms with van der Waals surface area (Å²) >= 11 is 1.92. The van der Waals surface area contributed by atoms with Crippen LogP contribution in [0.4, 0.5) is 0 Å². The van der Waals surface area contributed by atoms with Crippen LogP contribution in [-0.4, -0.2) is 15.1 Å². The Balaban J connectivity index is 1.87. The number of rotatable bonds is 5. The molecule has 0 unspecified atom stereocenters. The summed E-state index contributed by atoms with van der Waals surface area (Å²) in [5, 5.41) is 0. The molecule has 0 bridgehead atoms. The normalized spacial score (nSPS) is 11.1. The van der Waals surface area contributed by atoms with Gasteiger partial charge in [0.1, 0.15) is 5.65 Å². The van der Waals surface area contributed by atoms with Gasteiger partial charge in [-0.15, -0.1) is 11.8 Å². The highest BCUT2D eigenvalue weighted by Gasteiger charge is 2.05. The zero-order chi connectivity index (χ0) is 14.7. The number of imidazole rings is 1. The fraction of sp³-hybridized carbons (Fsp3) is 0.278. The summed E-state index contributed by atoms with van der Waals surface area (Å²) < 4.78 is 2.13. The zero-order valence-corrected chi connectivity index (χ0v) is 13.4. The predicted octanol–water partition coefficient (Wildman–Crippen LogP) is 5.20. The third-order valence-electron chi connectivity index (χ3n) is 3.54. The van der Waals surface area contributed by atoms with Gasteiger partial charge >= 0.3 is 0 Å². The molecular formula is C18H20N2S. The maximum Gasteiger partial charge on any atom is 0.137 e. The van der Waals surface area contributed by atoms with Crippen LogP contribution >= 0.6 is 11.8 Å². The lowest BCUT2D eigenvalue weighted by molar-refractivity contribution is 0.896. The second-order valence-electron chi connectivity index (χ2n) is 5.32. The molecule has 0 aliphatic carbocycles. The minimum Gasteiger partial charge on any atom is -0.305 e. The number of benzene rings is 1. The maximum absolute atomic E-state index is 4.70. The topological polar surface area (TPSA) is 17.3 Å². The Morgan fingerprint density at radius 1 is 1.05 bits per heavy atom. The first kappa shape index (κ1) is 14.2. The Hall–Kier alpha value is -1.74. The van der Waals surface area contributed by atoms with Crippen molar-refractivity contribution in [1.29, 1.82) is 0 Å². The number of hydrogen-bond donors (Lipinski definition) is 0. The van der Waals surface area contributed by atoms with Crippen LogP contribution in [0.3, 0.4) is 0 Å². The summed E-state index contributed by atoms with van der Waals surface area (Å²) in [6.45, 7) is 4.33. The molecule has 3 aromatic rings. The van der Waals surface area contributed by atoms with Crippen LogP contribution in [0.2, 0.25) is 0 Å². The van der Waals surface area contributed by atoms with Gasteiger partial charge in [0, 0.05) is 22.9 Å². The van der Waals surface area contributed by atoms with Crippen molar-refractivity contribution in [2.24, 2.45) is 0 Å². The first-order valence-electron chi connectivity index (χ1n) is 7.45. The zero-order valence-electron chi connectivity index (χ0n) is 12.5. The van der Waals surface area contributed by atoms with Crippen LogP contribution < -0.4 is 0 Å². The highest BCUT2D eigenvalue weighted by molar-refractivity contribution is 7.99. The van der Waals surface area contributed by atoms with Gasteiger partial charge in [-0.05, 0) is 31.2 Å². The van der Waals surface area contributed by atoms with Gasteiger partial charge in [0.15, 0.2) is 0 Å². The van der Waals surface area contributed by atoms with E-state index >= 15 is 0 Å². The van der Waals surface area contributed by atoms with Crippen molar-refractivity contribution in [2.75, 3.05) is 5.75 Å². The van der Waals surface area contributed by atoms with Crippen LogP contribution in [0.5, 0.6) is 0 Å². The molecule has 0 aliphatic rings. The Labute approximate surface area is 130 Å². The monoisotopic (exact) mass is 296 g/mol. The predicted molar refractivity (Wildman–Crippen MR) is 91.0 cm³/mol. The van der Waals surface area contributed by atoms with E-state index < -0.39 is 0 Å². The van der Waals surface area contributed by atoms with E-state index in [1.54, 1.807) is 0 Å². The molecule has 3 rings (SSSR count). The molecule has 108 valence electrons.